The van der Waals surface area contributed by atoms with Crippen molar-refractivity contribution in [3.05, 3.63) is 71.0 Å². The normalized spacial score (nSPS) is 17.5. The first-order chi connectivity index (χ1) is 23.5. The SMILES string of the molecule is COC(=O)c1ccc(CN(C(=O)C2C[Si](C)(C)CN2C(=O)C(NC(=O)C(C)N(C)C(=O)OC(C)(C)C)C(C)(C)C)[C@H](C)c2ccccc2F)cc1. The van der Waals surface area contributed by atoms with E-state index in [1.807, 2.05) is 20.8 Å². The Kier molecular flexibility index (Phi) is 12.9. The van der Waals surface area contributed by atoms with Gasteiger partial charge in [0.1, 0.15) is 29.5 Å². The molecule has 0 spiro atoms. The van der Waals surface area contributed by atoms with Crippen LogP contribution in [0.25, 0.3) is 0 Å². The zero-order valence-electron chi connectivity index (χ0n) is 32.1. The molecule has 1 aliphatic rings. The lowest BCUT2D eigenvalue weighted by atomic mass is 9.85. The largest absolute Gasteiger partial charge is 0.465 e. The highest BCUT2D eigenvalue weighted by Crippen LogP contribution is 2.34. The lowest BCUT2D eigenvalue weighted by Gasteiger charge is -2.39. The van der Waals surface area contributed by atoms with Crippen LogP contribution in [-0.4, -0.2) is 96.6 Å². The third kappa shape index (κ3) is 10.4. The van der Waals surface area contributed by atoms with Crippen LogP contribution in [0.3, 0.4) is 0 Å². The molecule has 2 aromatic rings. The number of hydrogen-bond donors (Lipinski definition) is 1. The first-order valence-electron chi connectivity index (χ1n) is 17.3. The van der Waals surface area contributed by atoms with Crippen molar-refractivity contribution in [3.63, 3.8) is 0 Å². The number of carbonyl (C=O) groups is 5. The Morgan fingerprint density at radius 1 is 0.980 bits per heavy atom. The van der Waals surface area contributed by atoms with Gasteiger partial charge in [0.2, 0.25) is 17.7 Å². The highest BCUT2D eigenvalue weighted by molar-refractivity contribution is 6.79. The molecule has 0 bridgehead atoms. The van der Waals surface area contributed by atoms with E-state index in [9.17, 15) is 24.0 Å². The molecule has 13 heteroatoms. The van der Waals surface area contributed by atoms with Gasteiger partial charge in [0, 0.05) is 25.3 Å². The van der Waals surface area contributed by atoms with E-state index in [0.29, 0.717) is 28.9 Å². The van der Waals surface area contributed by atoms with Crippen molar-refractivity contribution in [2.45, 2.75) is 111 Å². The Hall–Kier alpha value is -4.26. The molecule has 280 valence electrons. The maximum Gasteiger partial charge on any atom is 0.410 e. The predicted octanol–water partition coefficient (Wildman–Crippen LogP) is 5.95. The van der Waals surface area contributed by atoms with Crippen LogP contribution >= 0.6 is 0 Å². The van der Waals surface area contributed by atoms with Gasteiger partial charge in [-0.25, -0.2) is 14.0 Å². The van der Waals surface area contributed by atoms with Crippen molar-refractivity contribution >= 4 is 37.9 Å². The minimum absolute atomic E-state index is 0.0876. The Morgan fingerprint density at radius 3 is 2.10 bits per heavy atom. The van der Waals surface area contributed by atoms with E-state index in [4.69, 9.17) is 9.47 Å². The van der Waals surface area contributed by atoms with Gasteiger partial charge >= 0.3 is 12.1 Å². The summed E-state index contributed by atoms with van der Waals surface area (Å²) in [7, 11) is 0.607. The maximum absolute atomic E-state index is 15.2. The summed E-state index contributed by atoms with van der Waals surface area (Å²) in [6.45, 7) is 18.3. The molecule has 1 fully saturated rings. The summed E-state index contributed by atoms with van der Waals surface area (Å²) in [5, 5.41) is 2.89. The molecule has 1 aliphatic heterocycles. The first kappa shape index (κ1) is 41.2. The smallest absolute Gasteiger partial charge is 0.410 e. The Morgan fingerprint density at radius 2 is 1.57 bits per heavy atom. The van der Waals surface area contributed by atoms with Crippen LogP contribution in [-0.2, 0) is 30.4 Å². The van der Waals surface area contributed by atoms with Crippen LogP contribution in [0.15, 0.2) is 48.5 Å². The van der Waals surface area contributed by atoms with E-state index in [0.717, 1.165) is 0 Å². The number of carbonyl (C=O) groups excluding carboxylic acids is 5. The van der Waals surface area contributed by atoms with Gasteiger partial charge in [-0.05, 0) is 69.8 Å². The predicted molar refractivity (Wildman–Crippen MR) is 196 cm³/mol. The van der Waals surface area contributed by atoms with Crippen LogP contribution in [0.5, 0.6) is 0 Å². The number of methoxy groups -OCH3 is 1. The second kappa shape index (κ2) is 16.0. The van der Waals surface area contributed by atoms with Crippen molar-refractivity contribution in [2.24, 2.45) is 5.41 Å². The van der Waals surface area contributed by atoms with Gasteiger partial charge < -0.3 is 24.6 Å². The number of likely N-dealkylation sites (N-methyl/N-ethyl adjacent to an activating group) is 1. The Bertz CT molecular complexity index is 1600. The van der Waals surface area contributed by atoms with E-state index >= 15 is 4.39 Å². The number of benzene rings is 2. The number of hydrogen-bond acceptors (Lipinski definition) is 7. The minimum Gasteiger partial charge on any atom is -0.465 e. The van der Waals surface area contributed by atoms with Crippen molar-refractivity contribution in [1.82, 2.24) is 20.0 Å². The van der Waals surface area contributed by atoms with Crippen LogP contribution < -0.4 is 5.32 Å². The molecule has 0 aliphatic carbocycles. The molecule has 1 saturated heterocycles. The Balaban J connectivity index is 1.99. The van der Waals surface area contributed by atoms with E-state index in [1.165, 1.54) is 25.1 Å². The molecule has 2 aromatic carbocycles. The molecule has 4 atom stereocenters. The highest BCUT2D eigenvalue weighted by atomic mass is 28.3. The average Bonchev–Trinajstić information content (AvgIpc) is 3.38. The van der Waals surface area contributed by atoms with E-state index in [-0.39, 0.29) is 12.5 Å². The molecule has 0 radical (unpaired) electrons. The van der Waals surface area contributed by atoms with Gasteiger partial charge in [-0.2, -0.15) is 0 Å². The second-order valence-electron chi connectivity index (χ2n) is 16.3. The molecule has 11 nitrogen and oxygen atoms in total. The lowest BCUT2D eigenvalue weighted by Crippen LogP contribution is -2.60. The zero-order chi connectivity index (χ0) is 38.6. The fourth-order valence-corrected chi connectivity index (χ4v) is 8.98. The monoisotopic (exact) mass is 726 g/mol. The van der Waals surface area contributed by atoms with Gasteiger partial charge in [-0.15, -0.1) is 0 Å². The molecule has 1 N–H and O–H groups in total. The molecule has 0 aromatic heterocycles. The summed E-state index contributed by atoms with van der Waals surface area (Å²) < 4.78 is 25.4. The highest BCUT2D eigenvalue weighted by Gasteiger charge is 2.50. The summed E-state index contributed by atoms with van der Waals surface area (Å²) in [5.41, 5.74) is -0.144. The van der Waals surface area contributed by atoms with E-state index in [2.05, 4.69) is 18.4 Å². The van der Waals surface area contributed by atoms with Gasteiger partial charge in [0.05, 0.1) is 26.8 Å². The summed E-state index contributed by atoms with van der Waals surface area (Å²) in [4.78, 5) is 72.1. The second-order valence-corrected chi connectivity index (χ2v) is 21.3. The van der Waals surface area contributed by atoms with E-state index in [1.54, 1.807) is 86.9 Å². The number of nitrogens with zero attached hydrogens (tertiary/aromatic N) is 3. The molecular formula is C38H55FN4O7Si. The fraction of sp³-hybridized carbons (Fsp3) is 0.553. The number of halogens is 1. The van der Waals surface area contributed by atoms with Crippen LogP contribution in [0.1, 0.15) is 82.9 Å². The molecule has 1 heterocycles. The molecule has 4 amide bonds. The van der Waals surface area contributed by atoms with Gasteiger partial charge in [0.25, 0.3) is 0 Å². The van der Waals surface area contributed by atoms with Crippen molar-refractivity contribution in [3.8, 4) is 0 Å². The summed E-state index contributed by atoms with van der Waals surface area (Å²) in [6.07, 6.45) is -0.293. The van der Waals surface area contributed by atoms with Crippen LogP contribution in [0, 0.1) is 11.2 Å². The van der Waals surface area contributed by atoms with Crippen molar-refractivity contribution in [2.75, 3.05) is 20.3 Å². The third-order valence-corrected chi connectivity index (χ3v) is 11.9. The number of rotatable bonds is 10. The number of ether oxygens (including phenoxy) is 2. The van der Waals surface area contributed by atoms with Crippen LogP contribution in [0.2, 0.25) is 19.1 Å². The van der Waals surface area contributed by atoms with Gasteiger partial charge in [-0.3, -0.25) is 19.3 Å². The lowest BCUT2D eigenvalue weighted by molar-refractivity contribution is -0.148. The number of amides is 4. The molecular weight excluding hydrogens is 672 g/mol. The molecule has 0 saturated carbocycles. The zero-order valence-corrected chi connectivity index (χ0v) is 33.1. The fourth-order valence-electron chi connectivity index (χ4n) is 6.11. The third-order valence-electron chi connectivity index (χ3n) is 9.16. The maximum atomic E-state index is 15.2. The Labute approximate surface area is 302 Å². The van der Waals surface area contributed by atoms with Crippen molar-refractivity contribution in [1.29, 1.82) is 0 Å². The summed E-state index contributed by atoms with van der Waals surface area (Å²) in [5.74, 6) is -2.24. The number of nitrogens with one attached hydrogen (secondary N) is 1. The van der Waals surface area contributed by atoms with Crippen LogP contribution in [0.4, 0.5) is 9.18 Å². The summed E-state index contributed by atoms with van der Waals surface area (Å²) in [6, 6.07) is 9.86. The standard InChI is InChI=1S/C38H55FN4O7Si/c1-24(28-15-13-14-16-29(28)39)42(21-26-17-19-27(20-18-26)35(47)49-10)33(45)30-22-51(11,12)23-43(30)34(46)31(37(3,4)5)40-32(44)25(2)41(9)36(48)50-38(6,7)8/h13-20,24-25,30-31H,21-23H2,1-12H3,(H,40,44)/t24-,25?,30?,31?/m1/s1. The van der Waals surface area contributed by atoms with Gasteiger partial charge in [-0.1, -0.05) is 64.2 Å². The van der Waals surface area contributed by atoms with Gasteiger partial charge in [0.15, 0.2) is 0 Å². The molecule has 3 unspecified atom stereocenters. The first-order valence-corrected chi connectivity index (χ1v) is 20.7. The quantitative estimate of drug-likeness (QED) is 0.237. The average molecular weight is 727 g/mol. The molecule has 3 rings (SSSR count). The minimum atomic E-state index is -2.15. The summed E-state index contributed by atoms with van der Waals surface area (Å²) >= 11 is 0. The van der Waals surface area contributed by atoms with Crippen molar-refractivity contribution < 1.29 is 37.8 Å². The topological polar surface area (TPSA) is 126 Å². The van der Waals surface area contributed by atoms with E-state index < -0.39 is 73.0 Å². The molecule has 51 heavy (non-hydrogen) atoms. The number of esters is 1.